The zero-order valence-corrected chi connectivity index (χ0v) is 21.1. The molecule has 0 bridgehead atoms. The van der Waals surface area contributed by atoms with Crippen molar-refractivity contribution in [2.45, 2.75) is 39.0 Å². The number of hydrogen-bond acceptors (Lipinski definition) is 6. The highest BCUT2D eigenvalue weighted by Gasteiger charge is 2.46. The van der Waals surface area contributed by atoms with Gasteiger partial charge in [-0.25, -0.2) is 0 Å². The molecule has 2 aliphatic heterocycles. The van der Waals surface area contributed by atoms with E-state index < -0.39 is 17.7 Å². The third-order valence-electron chi connectivity index (χ3n) is 6.56. The molecular formula is C30H29NO6. The van der Waals surface area contributed by atoms with Gasteiger partial charge in [-0.2, -0.15) is 0 Å². The van der Waals surface area contributed by atoms with E-state index in [1.54, 1.807) is 37.4 Å². The Kier molecular flexibility index (Phi) is 6.61. The minimum Gasteiger partial charge on any atom is -0.507 e. The van der Waals surface area contributed by atoms with Crippen molar-refractivity contribution < 1.29 is 28.9 Å². The van der Waals surface area contributed by atoms with E-state index in [1.165, 1.54) is 4.90 Å². The van der Waals surface area contributed by atoms with Gasteiger partial charge >= 0.3 is 0 Å². The molecule has 5 rings (SSSR count). The van der Waals surface area contributed by atoms with E-state index in [1.807, 2.05) is 50.2 Å². The fraction of sp³-hybridized carbons (Fsp3) is 0.267. The second kappa shape index (κ2) is 10.0. The van der Waals surface area contributed by atoms with Gasteiger partial charge in [-0.3, -0.25) is 9.59 Å². The molecule has 0 radical (unpaired) electrons. The van der Waals surface area contributed by atoms with Crippen LogP contribution in [0.3, 0.4) is 0 Å². The summed E-state index contributed by atoms with van der Waals surface area (Å²) in [6, 6.07) is 19.2. The van der Waals surface area contributed by atoms with Crippen molar-refractivity contribution in [3.05, 3.63) is 94.6 Å². The van der Waals surface area contributed by atoms with Crippen LogP contribution in [0.15, 0.2) is 72.3 Å². The molecule has 7 nitrogen and oxygen atoms in total. The van der Waals surface area contributed by atoms with Crippen LogP contribution < -0.4 is 14.2 Å². The summed E-state index contributed by atoms with van der Waals surface area (Å²) in [6.45, 7) is 4.67. The number of fused-ring (bicyclic) bond motifs is 1. The number of rotatable bonds is 7. The second-order valence-corrected chi connectivity index (χ2v) is 9.44. The Morgan fingerprint density at radius 3 is 2.57 bits per heavy atom. The normalized spacial score (nSPS) is 18.2. The third-order valence-corrected chi connectivity index (χ3v) is 6.56. The van der Waals surface area contributed by atoms with Gasteiger partial charge in [-0.15, -0.1) is 0 Å². The zero-order valence-electron chi connectivity index (χ0n) is 21.1. The van der Waals surface area contributed by atoms with Gasteiger partial charge in [-0.05, 0) is 73.0 Å². The van der Waals surface area contributed by atoms with Gasteiger partial charge in [0.05, 0.1) is 31.4 Å². The molecule has 0 aromatic heterocycles. The van der Waals surface area contributed by atoms with Crippen LogP contribution in [0.25, 0.3) is 5.76 Å². The summed E-state index contributed by atoms with van der Waals surface area (Å²) >= 11 is 0. The van der Waals surface area contributed by atoms with Crippen LogP contribution in [0, 0.1) is 0 Å². The summed E-state index contributed by atoms with van der Waals surface area (Å²) in [5, 5.41) is 11.4. The standard InChI is InChI=1S/C30H29NO6/c1-18(2)37-23-10-7-19(8-11-23)17-31-27(21-5-4-6-24(16-21)35-3)26(29(33)30(31)34)28(32)22-9-12-25-20(15-22)13-14-36-25/h4-12,15-16,18,27,32H,13-14,17H2,1-3H3/b28-26-. The van der Waals surface area contributed by atoms with Crippen molar-refractivity contribution in [3.8, 4) is 17.2 Å². The maximum absolute atomic E-state index is 13.4. The number of ether oxygens (including phenoxy) is 3. The predicted octanol–water partition coefficient (Wildman–Crippen LogP) is 5.04. The number of methoxy groups -OCH3 is 1. The van der Waals surface area contributed by atoms with E-state index in [2.05, 4.69) is 0 Å². The van der Waals surface area contributed by atoms with E-state index in [9.17, 15) is 14.7 Å². The lowest BCUT2D eigenvalue weighted by Crippen LogP contribution is -2.29. The maximum Gasteiger partial charge on any atom is 0.295 e. The Labute approximate surface area is 215 Å². The Morgan fingerprint density at radius 2 is 1.84 bits per heavy atom. The molecule has 1 unspecified atom stereocenters. The number of hydrogen-bond donors (Lipinski definition) is 1. The smallest absolute Gasteiger partial charge is 0.295 e. The topological polar surface area (TPSA) is 85.3 Å². The maximum atomic E-state index is 13.4. The third kappa shape index (κ3) is 4.77. The molecule has 190 valence electrons. The second-order valence-electron chi connectivity index (χ2n) is 9.44. The molecule has 3 aromatic rings. The summed E-state index contributed by atoms with van der Waals surface area (Å²) in [4.78, 5) is 28.2. The van der Waals surface area contributed by atoms with Gasteiger partial charge in [0.15, 0.2) is 0 Å². The quantitative estimate of drug-likeness (QED) is 0.279. The number of ketones is 1. The molecule has 7 heteroatoms. The van der Waals surface area contributed by atoms with Crippen LogP contribution in [0.1, 0.15) is 42.1 Å². The summed E-state index contributed by atoms with van der Waals surface area (Å²) < 4.78 is 16.7. The van der Waals surface area contributed by atoms with Gasteiger partial charge in [-0.1, -0.05) is 24.3 Å². The van der Waals surface area contributed by atoms with E-state index in [4.69, 9.17) is 14.2 Å². The van der Waals surface area contributed by atoms with E-state index in [0.29, 0.717) is 23.5 Å². The molecule has 1 atom stereocenters. The van der Waals surface area contributed by atoms with Crippen LogP contribution in [-0.2, 0) is 22.6 Å². The van der Waals surface area contributed by atoms with Crippen molar-refractivity contribution in [2.24, 2.45) is 0 Å². The summed E-state index contributed by atoms with van der Waals surface area (Å²) in [5.41, 5.74) is 2.99. The first kappa shape index (κ1) is 24.4. The first-order valence-electron chi connectivity index (χ1n) is 12.3. The van der Waals surface area contributed by atoms with Crippen molar-refractivity contribution in [2.75, 3.05) is 13.7 Å². The van der Waals surface area contributed by atoms with Gasteiger partial charge in [0.25, 0.3) is 11.7 Å². The largest absolute Gasteiger partial charge is 0.507 e. The molecule has 1 N–H and O–H groups in total. The van der Waals surface area contributed by atoms with Crippen molar-refractivity contribution >= 4 is 17.4 Å². The summed E-state index contributed by atoms with van der Waals surface area (Å²) in [5.74, 6) is 0.497. The van der Waals surface area contributed by atoms with Gasteiger partial charge in [0, 0.05) is 18.5 Å². The number of amides is 1. The number of benzene rings is 3. The SMILES string of the molecule is COc1cccc(C2/C(=C(/O)c3ccc4c(c3)CCO4)C(=O)C(=O)N2Cc2ccc(OC(C)C)cc2)c1. The molecule has 2 heterocycles. The first-order chi connectivity index (χ1) is 17.9. The van der Waals surface area contributed by atoms with Crippen molar-refractivity contribution in [3.63, 3.8) is 0 Å². The lowest BCUT2D eigenvalue weighted by atomic mass is 9.94. The number of aliphatic hydroxyl groups is 1. The zero-order chi connectivity index (χ0) is 26.1. The number of likely N-dealkylation sites (tertiary alicyclic amines) is 1. The minimum absolute atomic E-state index is 0.0440. The molecular weight excluding hydrogens is 470 g/mol. The number of aliphatic hydroxyl groups excluding tert-OH is 1. The fourth-order valence-electron chi connectivity index (χ4n) is 4.83. The Hall–Kier alpha value is -4.26. The van der Waals surface area contributed by atoms with Gasteiger partial charge in [0.1, 0.15) is 23.0 Å². The monoisotopic (exact) mass is 499 g/mol. The predicted molar refractivity (Wildman–Crippen MR) is 139 cm³/mol. The molecule has 0 saturated carbocycles. The first-order valence-corrected chi connectivity index (χ1v) is 12.3. The molecule has 1 fully saturated rings. The lowest BCUT2D eigenvalue weighted by molar-refractivity contribution is -0.140. The average molecular weight is 500 g/mol. The molecule has 3 aromatic carbocycles. The van der Waals surface area contributed by atoms with E-state index >= 15 is 0 Å². The van der Waals surface area contributed by atoms with E-state index in [-0.39, 0.29) is 24.0 Å². The molecule has 0 spiro atoms. The highest BCUT2D eigenvalue weighted by molar-refractivity contribution is 6.46. The van der Waals surface area contributed by atoms with E-state index in [0.717, 1.165) is 29.0 Å². The fourth-order valence-corrected chi connectivity index (χ4v) is 4.83. The molecule has 0 aliphatic carbocycles. The average Bonchev–Trinajstić information content (AvgIpc) is 3.47. The number of nitrogens with zero attached hydrogens (tertiary/aromatic N) is 1. The molecule has 1 saturated heterocycles. The van der Waals surface area contributed by atoms with Crippen LogP contribution in [0.5, 0.6) is 17.2 Å². The van der Waals surface area contributed by atoms with Crippen molar-refractivity contribution in [1.82, 2.24) is 4.90 Å². The Morgan fingerprint density at radius 1 is 1.05 bits per heavy atom. The Balaban J connectivity index is 1.57. The molecule has 2 aliphatic rings. The molecule has 37 heavy (non-hydrogen) atoms. The van der Waals surface area contributed by atoms with Crippen molar-refractivity contribution in [1.29, 1.82) is 0 Å². The lowest BCUT2D eigenvalue weighted by Gasteiger charge is -2.26. The van der Waals surface area contributed by atoms with Crippen LogP contribution in [0.2, 0.25) is 0 Å². The van der Waals surface area contributed by atoms with Gasteiger partial charge in [0.2, 0.25) is 0 Å². The number of Topliss-reactive ketones (excluding diaryl/α,β-unsaturated/α-hetero) is 1. The van der Waals surface area contributed by atoms with Crippen LogP contribution >= 0.6 is 0 Å². The summed E-state index contributed by atoms with van der Waals surface area (Å²) in [7, 11) is 1.56. The number of carbonyl (C=O) groups is 2. The van der Waals surface area contributed by atoms with Gasteiger partial charge < -0.3 is 24.2 Å². The minimum atomic E-state index is -0.786. The highest BCUT2D eigenvalue weighted by atomic mass is 16.5. The van der Waals surface area contributed by atoms with Crippen LogP contribution in [-0.4, -0.2) is 41.5 Å². The highest BCUT2D eigenvalue weighted by Crippen LogP contribution is 2.42. The molecule has 1 amide bonds. The number of carbonyl (C=O) groups excluding carboxylic acids is 2. The summed E-state index contributed by atoms with van der Waals surface area (Å²) in [6.07, 6.45) is 0.767. The van der Waals surface area contributed by atoms with Crippen LogP contribution in [0.4, 0.5) is 0 Å². The Bertz CT molecular complexity index is 1380.